The summed E-state index contributed by atoms with van der Waals surface area (Å²) in [6.45, 7) is 9.39. The minimum absolute atomic E-state index is 0.318. The molecule has 0 bridgehead atoms. The van der Waals surface area contributed by atoms with Crippen LogP contribution in [-0.4, -0.2) is 29.1 Å². The first-order valence-electron chi connectivity index (χ1n) is 7.92. The van der Waals surface area contributed by atoms with Gasteiger partial charge in [-0.3, -0.25) is 0 Å². The number of ether oxygens (including phenoxy) is 2. The number of rotatable bonds is 4. The molecule has 2 aromatic rings. The quantitative estimate of drug-likeness (QED) is 0.677. The van der Waals surface area contributed by atoms with Gasteiger partial charge in [-0.2, -0.15) is 0 Å². The van der Waals surface area contributed by atoms with E-state index in [1.165, 1.54) is 6.08 Å². The average Bonchev–Trinajstić information content (AvgIpc) is 2.89. The predicted molar refractivity (Wildman–Crippen MR) is 93.8 cm³/mol. The molecule has 0 fully saturated rings. The highest BCUT2D eigenvalue weighted by atomic mass is 16.6. The number of fused-ring (bicyclic) bond motifs is 1. The number of allylic oxidation sites excluding steroid dienone is 1. The fourth-order valence-electron chi connectivity index (χ4n) is 2.39. The first-order valence-corrected chi connectivity index (χ1v) is 7.92. The number of hydrogen-bond donors (Lipinski definition) is 1. The molecular weight excluding hydrogens is 306 g/mol. The molecule has 1 aromatic carbocycles. The van der Waals surface area contributed by atoms with Crippen molar-refractivity contribution in [3.8, 4) is 0 Å². The van der Waals surface area contributed by atoms with Gasteiger partial charge in [0, 0.05) is 17.0 Å². The van der Waals surface area contributed by atoms with E-state index >= 15 is 0 Å². The minimum Gasteiger partial charge on any atom is -0.461 e. The Labute approximate surface area is 141 Å². The van der Waals surface area contributed by atoms with Gasteiger partial charge in [0.05, 0.1) is 12.1 Å². The van der Waals surface area contributed by atoms with E-state index in [1.54, 1.807) is 13.0 Å². The van der Waals surface area contributed by atoms with Gasteiger partial charge in [-0.05, 0) is 46.3 Å². The van der Waals surface area contributed by atoms with Crippen LogP contribution < -0.4 is 0 Å². The lowest BCUT2D eigenvalue weighted by Crippen LogP contribution is -2.22. The summed E-state index contributed by atoms with van der Waals surface area (Å²) in [5, 5.41) is 0.882. The normalized spacial score (nSPS) is 12.3. The number of H-pyrrole nitrogens is 1. The van der Waals surface area contributed by atoms with Gasteiger partial charge in [0.15, 0.2) is 0 Å². The summed E-state index contributed by atoms with van der Waals surface area (Å²) in [4.78, 5) is 27.0. The Balaban J connectivity index is 2.38. The summed E-state index contributed by atoms with van der Waals surface area (Å²) in [6.07, 6.45) is 1.46. The van der Waals surface area contributed by atoms with Gasteiger partial charge >= 0.3 is 11.9 Å². The Morgan fingerprint density at radius 2 is 1.96 bits per heavy atom. The lowest BCUT2D eigenvalue weighted by Gasteiger charge is -2.18. The Bertz CT molecular complexity index is 793. The minimum atomic E-state index is -0.538. The number of aromatic nitrogens is 1. The molecule has 0 atom stereocenters. The molecular formula is C19H23NO4. The Morgan fingerprint density at radius 3 is 2.58 bits per heavy atom. The molecule has 0 amide bonds. The van der Waals surface area contributed by atoms with Crippen molar-refractivity contribution in [2.75, 3.05) is 6.61 Å². The molecule has 0 spiro atoms. The lowest BCUT2D eigenvalue weighted by molar-refractivity contribution is -0.148. The van der Waals surface area contributed by atoms with E-state index in [0.29, 0.717) is 12.3 Å². The van der Waals surface area contributed by atoms with E-state index in [9.17, 15) is 9.59 Å². The van der Waals surface area contributed by atoms with Crippen molar-refractivity contribution < 1.29 is 19.1 Å². The summed E-state index contributed by atoms with van der Waals surface area (Å²) >= 11 is 0. The van der Waals surface area contributed by atoms with Gasteiger partial charge in [-0.25, -0.2) is 9.59 Å². The number of hydrogen-bond acceptors (Lipinski definition) is 4. The van der Waals surface area contributed by atoms with E-state index in [4.69, 9.17) is 9.47 Å². The molecule has 0 aliphatic carbocycles. The first-order chi connectivity index (χ1) is 11.2. The molecule has 0 saturated carbocycles. The van der Waals surface area contributed by atoms with Crippen LogP contribution in [0.25, 0.3) is 16.5 Å². The third kappa shape index (κ3) is 4.25. The predicted octanol–water partition coefficient (Wildman–Crippen LogP) is 4.09. The largest absolute Gasteiger partial charge is 0.461 e. The summed E-state index contributed by atoms with van der Waals surface area (Å²) in [5.41, 5.74) is 2.24. The number of nitrogens with one attached hydrogen (secondary N) is 1. The molecule has 128 valence electrons. The van der Waals surface area contributed by atoms with E-state index in [-0.39, 0.29) is 0 Å². The van der Waals surface area contributed by atoms with Gasteiger partial charge in [0.2, 0.25) is 0 Å². The monoisotopic (exact) mass is 329 g/mol. The Hall–Kier alpha value is -2.56. The van der Waals surface area contributed by atoms with Crippen molar-refractivity contribution in [1.82, 2.24) is 4.98 Å². The van der Waals surface area contributed by atoms with Crippen molar-refractivity contribution in [2.45, 2.75) is 40.2 Å². The van der Waals surface area contributed by atoms with E-state index in [0.717, 1.165) is 22.0 Å². The molecule has 0 saturated heterocycles. The number of benzene rings is 1. The van der Waals surface area contributed by atoms with Crippen LogP contribution in [-0.2, 0) is 14.3 Å². The van der Waals surface area contributed by atoms with Crippen molar-refractivity contribution in [2.24, 2.45) is 0 Å². The van der Waals surface area contributed by atoms with Gasteiger partial charge < -0.3 is 14.5 Å². The zero-order valence-electron chi connectivity index (χ0n) is 14.7. The van der Waals surface area contributed by atoms with Crippen LogP contribution in [0.15, 0.2) is 30.3 Å². The molecule has 1 N–H and O–H groups in total. The fraction of sp³-hybridized carbons (Fsp3) is 0.368. The molecule has 1 heterocycles. The first kappa shape index (κ1) is 17.8. The molecule has 1 aromatic heterocycles. The van der Waals surface area contributed by atoms with E-state index < -0.39 is 17.5 Å². The molecule has 5 heteroatoms. The maximum Gasteiger partial charge on any atom is 0.354 e. The third-order valence-electron chi connectivity index (χ3n) is 3.32. The zero-order valence-corrected chi connectivity index (χ0v) is 14.7. The second-order valence-electron chi connectivity index (χ2n) is 6.53. The van der Waals surface area contributed by atoms with Crippen LogP contribution in [0.3, 0.4) is 0 Å². The van der Waals surface area contributed by atoms with Crippen molar-refractivity contribution in [1.29, 1.82) is 0 Å². The standard InChI is InChI=1S/C19H23NO4/c1-6-23-18(22)15-11-13-8-7-9-14(17(13)20-15)12(2)10-16(21)24-19(3,4)5/h7-11,20H,6H2,1-5H3/b12-10+. The average molecular weight is 329 g/mol. The highest BCUT2D eigenvalue weighted by Crippen LogP contribution is 2.26. The van der Waals surface area contributed by atoms with Crippen molar-refractivity contribution in [3.63, 3.8) is 0 Å². The second-order valence-corrected chi connectivity index (χ2v) is 6.53. The summed E-state index contributed by atoms with van der Waals surface area (Å²) < 4.78 is 10.3. The smallest absolute Gasteiger partial charge is 0.354 e. The van der Waals surface area contributed by atoms with Crippen LogP contribution in [0.4, 0.5) is 0 Å². The lowest BCUT2D eigenvalue weighted by atomic mass is 10.0. The summed E-state index contributed by atoms with van der Waals surface area (Å²) in [5.74, 6) is -0.789. The molecule has 0 aliphatic heterocycles. The molecule has 5 nitrogen and oxygen atoms in total. The second kappa shape index (κ2) is 6.91. The summed E-state index contributed by atoms with van der Waals surface area (Å²) in [7, 11) is 0. The van der Waals surface area contributed by atoms with Crippen molar-refractivity contribution in [3.05, 3.63) is 41.6 Å². The maximum absolute atomic E-state index is 12.0. The maximum atomic E-state index is 12.0. The Kier molecular flexibility index (Phi) is 5.12. The molecule has 0 aliphatic rings. The van der Waals surface area contributed by atoms with E-state index in [1.807, 2.05) is 45.9 Å². The molecule has 0 radical (unpaired) electrons. The fourth-order valence-corrected chi connectivity index (χ4v) is 2.39. The molecule has 24 heavy (non-hydrogen) atoms. The number of carbonyl (C=O) groups is 2. The number of esters is 2. The number of aromatic amines is 1. The van der Waals surface area contributed by atoms with Gasteiger partial charge in [-0.1, -0.05) is 18.2 Å². The molecule has 0 unspecified atom stereocenters. The molecule has 2 rings (SSSR count). The topological polar surface area (TPSA) is 68.4 Å². The van der Waals surface area contributed by atoms with Crippen LogP contribution in [0.1, 0.15) is 50.7 Å². The van der Waals surface area contributed by atoms with Gasteiger partial charge in [-0.15, -0.1) is 0 Å². The highest BCUT2D eigenvalue weighted by molar-refractivity contribution is 6.01. The Morgan fingerprint density at radius 1 is 1.25 bits per heavy atom. The van der Waals surface area contributed by atoms with Gasteiger partial charge in [0.1, 0.15) is 11.3 Å². The van der Waals surface area contributed by atoms with Crippen LogP contribution in [0.5, 0.6) is 0 Å². The van der Waals surface area contributed by atoms with E-state index in [2.05, 4.69) is 4.98 Å². The number of para-hydroxylation sites is 1. The van der Waals surface area contributed by atoms with Crippen LogP contribution in [0, 0.1) is 0 Å². The highest BCUT2D eigenvalue weighted by Gasteiger charge is 2.16. The SMILES string of the molecule is CCOC(=O)c1cc2cccc(/C(C)=C/C(=O)OC(C)(C)C)c2[nH]1. The number of carbonyl (C=O) groups excluding carboxylic acids is 2. The van der Waals surface area contributed by atoms with Crippen molar-refractivity contribution >= 4 is 28.4 Å². The van der Waals surface area contributed by atoms with Crippen LogP contribution >= 0.6 is 0 Å². The zero-order chi connectivity index (χ0) is 17.9. The van der Waals surface area contributed by atoms with Crippen LogP contribution in [0.2, 0.25) is 0 Å². The van der Waals surface area contributed by atoms with Gasteiger partial charge in [0.25, 0.3) is 0 Å². The third-order valence-corrected chi connectivity index (χ3v) is 3.32. The summed E-state index contributed by atoms with van der Waals surface area (Å²) in [6, 6.07) is 7.42.